The molecule has 0 amide bonds. The van der Waals surface area contributed by atoms with Crippen molar-refractivity contribution < 1.29 is 4.65 Å². The molecule has 1 aliphatic carbocycles. The molecule has 17 heavy (non-hydrogen) atoms. The van der Waals surface area contributed by atoms with Crippen molar-refractivity contribution in [1.82, 2.24) is 15.4 Å². The average Bonchev–Trinajstić information content (AvgIpc) is 2.81. The Kier molecular flexibility index (Phi) is 2.75. The highest BCUT2D eigenvalue weighted by molar-refractivity contribution is 6.64. The SMILES string of the molecule is CC1(C)NB(c2ccn[nH]2)O[C@@H]2CCCC[C@@H]21. The van der Waals surface area contributed by atoms with Crippen LogP contribution in [0.4, 0.5) is 0 Å². The molecule has 1 saturated heterocycles. The standard InChI is InChI=1S/C12H20BN3O/c1-12(2)9-5-3-4-6-10(9)17-13(16-12)11-7-8-14-15-11/h7-10,16H,3-6H2,1-2H3,(H,14,15)/t9-,10+/m0/s1. The van der Waals surface area contributed by atoms with Crippen LogP contribution in [0.1, 0.15) is 39.5 Å². The summed E-state index contributed by atoms with van der Waals surface area (Å²) in [6, 6.07) is 1.98. The van der Waals surface area contributed by atoms with Crippen LogP contribution in [-0.2, 0) is 4.65 Å². The maximum Gasteiger partial charge on any atom is 0.435 e. The molecule has 2 N–H and O–H groups in total. The Morgan fingerprint density at radius 1 is 1.41 bits per heavy atom. The molecule has 1 aromatic rings. The molecule has 2 atom stereocenters. The Balaban J connectivity index is 1.83. The highest BCUT2D eigenvalue weighted by Crippen LogP contribution is 2.37. The summed E-state index contributed by atoms with van der Waals surface area (Å²) in [6.07, 6.45) is 7.28. The summed E-state index contributed by atoms with van der Waals surface area (Å²) in [6.45, 7) is 4.59. The summed E-state index contributed by atoms with van der Waals surface area (Å²) in [4.78, 5) is 0. The van der Waals surface area contributed by atoms with Gasteiger partial charge in [0.1, 0.15) is 0 Å². The van der Waals surface area contributed by atoms with E-state index in [1.807, 2.05) is 6.07 Å². The quantitative estimate of drug-likeness (QED) is 0.713. The van der Waals surface area contributed by atoms with Crippen molar-refractivity contribution in [3.63, 3.8) is 0 Å². The summed E-state index contributed by atoms with van der Waals surface area (Å²) in [5.74, 6) is 0.635. The zero-order chi connectivity index (χ0) is 11.9. The number of rotatable bonds is 1. The van der Waals surface area contributed by atoms with Gasteiger partial charge in [-0.25, -0.2) is 0 Å². The van der Waals surface area contributed by atoms with Crippen LogP contribution in [0, 0.1) is 5.92 Å². The molecule has 0 unspecified atom stereocenters. The highest BCUT2D eigenvalue weighted by atomic mass is 16.5. The summed E-state index contributed by atoms with van der Waals surface area (Å²) in [7, 11) is -0.0353. The molecule has 0 radical (unpaired) electrons. The lowest BCUT2D eigenvalue weighted by Crippen LogP contribution is -2.68. The molecule has 2 aliphatic rings. The Labute approximate surface area is 103 Å². The van der Waals surface area contributed by atoms with Crippen LogP contribution < -0.4 is 10.8 Å². The molecule has 0 bridgehead atoms. The van der Waals surface area contributed by atoms with Crippen LogP contribution in [0.3, 0.4) is 0 Å². The molecular formula is C12H20BN3O. The van der Waals surface area contributed by atoms with Gasteiger partial charge in [0.15, 0.2) is 0 Å². The Hall–Kier alpha value is -0.805. The second-order valence-corrected chi connectivity index (χ2v) is 5.82. The molecule has 0 spiro atoms. The normalized spacial score (nSPS) is 32.2. The zero-order valence-electron chi connectivity index (χ0n) is 10.6. The van der Waals surface area contributed by atoms with E-state index in [0.29, 0.717) is 12.0 Å². The number of hydrogen-bond acceptors (Lipinski definition) is 3. The van der Waals surface area contributed by atoms with Gasteiger partial charge in [-0.3, -0.25) is 5.10 Å². The minimum Gasteiger partial charge on any atom is -0.414 e. The number of fused-ring (bicyclic) bond motifs is 1. The van der Waals surface area contributed by atoms with Gasteiger partial charge in [-0.1, -0.05) is 12.8 Å². The molecule has 2 heterocycles. The van der Waals surface area contributed by atoms with Crippen LogP contribution >= 0.6 is 0 Å². The maximum absolute atomic E-state index is 6.19. The van der Waals surface area contributed by atoms with Gasteiger partial charge < -0.3 is 9.88 Å². The lowest BCUT2D eigenvalue weighted by atomic mass is 9.64. The van der Waals surface area contributed by atoms with Crippen LogP contribution in [0.25, 0.3) is 0 Å². The first-order chi connectivity index (χ1) is 8.17. The number of hydrogen-bond donors (Lipinski definition) is 2. The zero-order valence-corrected chi connectivity index (χ0v) is 10.6. The first-order valence-electron chi connectivity index (χ1n) is 6.59. The van der Waals surface area contributed by atoms with Gasteiger partial charge in [0.2, 0.25) is 0 Å². The largest absolute Gasteiger partial charge is 0.435 e. The lowest BCUT2D eigenvalue weighted by molar-refractivity contribution is 0.0165. The molecule has 1 aromatic heterocycles. The van der Waals surface area contributed by atoms with Gasteiger partial charge in [0, 0.05) is 23.8 Å². The van der Waals surface area contributed by atoms with E-state index in [2.05, 4.69) is 29.3 Å². The third kappa shape index (κ3) is 2.02. The van der Waals surface area contributed by atoms with Crippen LogP contribution in [0.15, 0.2) is 12.3 Å². The fourth-order valence-electron chi connectivity index (χ4n) is 3.30. The predicted octanol–water partition coefficient (Wildman–Crippen LogP) is 1.06. The minimum atomic E-state index is -0.0353. The Morgan fingerprint density at radius 2 is 2.24 bits per heavy atom. The number of aromatic amines is 1. The van der Waals surface area contributed by atoms with Crippen molar-refractivity contribution in [3.8, 4) is 0 Å². The van der Waals surface area contributed by atoms with E-state index in [0.717, 1.165) is 5.59 Å². The van der Waals surface area contributed by atoms with Crippen molar-refractivity contribution in [2.45, 2.75) is 51.2 Å². The third-order valence-electron chi connectivity index (χ3n) is 4.25. The number of nitrogens with zero attached hydrogens (tertiary/aromatic N) is 1. The molecule has 0 aromatic carbocycles. The molecule has 2 fully saturated rings. The molecule has 5 heteroatoms. The van der Waals surface area contributed by atoms with Gasteiger partial charge in [-0.15, -0.1) is 0 Å². The fourth-order valence-corrected chi connectivity index (χ4v) is 3.30. The Morgan fingerprint density at radius 3 is 3.00 bits per heavy atom. The van der Waals surface area contributed by atoms with E-state index < -0.39 is 0 Å². The Bertz CT molecular complexity index is 379. The summed E-state index contributed by atoms with van der Waals surface area (Å²) < 4.78 is 6.19. The number of nitrogens with one attached hydrogen (secondary N) is 2. The van der Waals surface area contributed by atoms with Crippen LogP contribution in [-0.4, -0.2) is 28.9 Å². The van der Waals surface area contributed by atoms with E-state index in [1.165, 1.54) is 25.7 Å². The smallest absolute Gasteiger partial charge is 0.414 e. The van der Waals surface area contributed by atoms with E-state index in [4.69, 9.17) is 4.65 Å². The minimum absolute atomic E-state index is 0.0353. The van der Waals surface area contributed by atoms with Crippen molar-refractivity contribution in [1.29, 1.82) is 0 Å². The molecule has 92 valence electrons. The second-order valence-electron chi connectivity index (χ2n) is 5.82. The monoisotopic (exact) mass is 233 g/mol. The number of aromatic nitrogens is 2. The maximum atomic E-state index is 6.19. The lowest BCUT2D eigenvalue weighted by Gasteiger charge is -2.49. The first kappa shape index (κ1) is 11.3. The van der Waals surface area contributed by atoms with Crippen molar-refractivity contribution >= 4 is 12.6 Å². The molecule has 1 saturated carbocycles. The van der Waals surface area contributed by atoms with Crippen molar-refractivity contribution in [2.75, 3.05) is 0 Å². The highest BCUT2D eigenvalue weighted by Gasteiger charge is 2.46. The van der Waals surface area contributed by atoms with E-state index >= 15 is 0 Å². The third-order valence-corrected chi connectivity index (χ3v) is 4.25. The van der Waals surface area contributed by atoms with Gasteiger partial charge in [0.25, 0.3) is 0 Å². The fraction of sp³-hybridized carbons (Fsp3) is 0.750. The van der Waals surface area contributed by atoms with Gasteiger partial charge in [-0.2, -0.15) is 5.10 Å². The summed E-state index contributed by atoms with van der Waals surface area (Å²) in [5, 5.41) is 10.6. The molecule has 1 aliphatic heterocycles. The topological polar surface area (TPSA) is 49.9 Å². The molecule has 4 nitrogen and oxygen atoms in total. The summed E-state index contributed by atoms with van der Waals surface area (Å²) in [5.41, 5.74) is 1.17. The van der Waals surface area contributed by atoms with E-state index in [9.17, 15) is 0 Å². The van der Waals surface area contributed by atoms with Crippen LogP contribution in [0.5, 0.6) is 0 Å². The van der Waals surface area contributed by atoms with Gasteiger partial charge >= 0.3 is 7.05 Å². The van der Waals surface area contributed by atoms with E-state index in [1.54, 1.807) is 6.20 Å². The average molecular weight is 233 g/mol. The first-order valence-corrected chi connectivity index (χ1v) is 6.59. The molecular weight excluding hydrogens is 213 g/mol. The van der Waals surface area contributed by atoms with Crippen molar-refractivity contribution in [2.24, 2.45) is 5.92 Å². The predicted molar refractivity (Wildman–Crippen MR) is 68.0 cm³/mol. The molecule has 3 rings (SSSR count). The second kappa shape index (κ2) is 4.14. The van der Waals surface area contributed by atoms with Crippen molar-refractivity contribution in [3.05, 3.63) is 12.3 Å². The number of H-pyrrole nitrogens is 1. The van der Waals surface area contributed by atoms with Gasteiger partial charge in [0.05, 0.1) is 5.59 Å². The van der Waals surface area contributed by atoms with E-state index in [-0.39, 0.29) is 12.6 Å². The van der Waals surface area contributed by atoms with Gasteiger partial charge in [-0.05, 0) is 32.8 Å². The van der Waals surface area contributed by atoms with Crippen LogP contribution in [0.2, 0.25) is 0 Å². The summed E-state index contributed by atoms with van der Waals surface area (Å²) >= 11 is 0.